The molecule has 22 heavy (non-hydrogen) atoms. The highest BCUT2D eigenvalue weighted by Gasteiger charge is 2.38. The highest BCUT2D eigenvalue weighted by atomic mass is 16.3. The van der Waals surface area contributed by atoms with E-state index in [0.29, 0.717) is 24.4 Å². The van der Waals surface area contributed by atoms with Gasteiger partial charge in [-0.1, -0.05) is 48.9 Å². The molecule has 3 rings (SSSR count). The third-order valence-corrected chi connectivity index (χ3v) is 4.15. The second-order valence-electron chi connectivity index (χ2n) is 5.75. The van der Waals surface area contributed by atoms with E-state index in [1.54, 1.807) is 6.26 Å². The van der Waals surface area contributed by atoms with Gasteiger partial charge in [0.2, 0.25) is 5.89 Å². The van der Waals surface area contributed by atoms with E-state index < -0.39 is 0 Å². The summed E-state index contributed by atoms with van der Waals surface area (Å²) in [4.78, 5) is 4.32. The van der Waals surface area contributed by atoms with Crippen LogP contribution in [0.1, 0.15) is 36.9 Å². The van der Waals surface area contributed by atoms with E-state index in [4.69, 9.17) is 10.2 Å². The summed E-state index contributed by atoms with van der Waals surface area (Å²) < 4.78 is 5.25. The van der Waals surface area contributed by atoms with Gasteiger partial charge in [0.1, 0.15) is 6.26 Å². The Hall–Kier alpha value is -1.91. The summed E-state index contributed by atoms with van der Waals surface area (Å²) in [5.41, 5.74) is 9.23. The molecule has 4 heteroatoms. The number of rotatable bonds is 7. The Morgan fingerprint density at radius 3 is 2.91 bits per heavy atom. The van der Waals surface area contributed by atoms with E-state index in [0.717, 1.165) is 18.7 Å². The number of nitrogens with one attached hydrogen (secondary N) is 1. The number of aromatic nitrogens is 1. The van der Waals surface area contributed by atoms with E-state index in [1.807, 2.05) is 0 Å². The third-order valence-electron chi connectivity index (χ3n) is 4.15. The lowest BCUT2D eigenvalue weighted by Gasteiger charge is -2.05. The Kier molecular flexibility index (Phi) is 4.71. The first-order chi connectivity index (χ1) is 10.8. The summed E-state index contributed by atoms with van der Waals surface area (Å²) in [6.45, 7) is 3.33. The fraction of sp³-hybridized carbons (Fsp3) is 0.389. The summed E-state index contributed by atoms with van der Waals surface area (Å²) >= 11 is 0. The zero-order chi connectivity index (χ0) is 15.4. The minimum Gasteiger partial charge on any atom is -0.447 e. The predicted octanol–water partition coefficient (Wildman–Crippen LogP) is 3.11. The first-order valence-electron chi connectivity index (χ1n) is 7.92. The minimum absolute atomic E-state index is 0.353. The summed E-state index contributed by atoms with van der Waals surface area (Å²) in [7, 11) is 0. The fourth-order valence-corrected chi connectivity index (χ4v) is 2.82. The molecule has 0 saturated heterocycles. The molecular weight excluding hydrogens is 274 g/mol. The lowest BCUT2D eigenvalue weighted by atomic mass is 10.0. The van der Waals surface area contributed by atoms with Crippen LogP contribution in [0.15, 0.2) is 46.6 Å². The molecule has 1 saturated carbocycles. The van der Waals surface area contributed by atoms with Gasteiger partial charge in [0.25, 0.3) is 0 Å². The molecule has 116 valence electrons. The molecule has 1 aliphatic carbocycles. The highest BCUT2D eigenvalue weighted by Crippen LogP contribution is 2.39. The molecule has 4 nitrogen and oxygen atoms in total. The second-order valence-corrected chi connectivity index (χ2v) is 5.75. The van der Waals surface area contributed by atoms with Gasteiger partial charge in [-0.25, -0.2) is 4.98 Å². The lowest BCUT2D eigenvalue weighted by Crippen LogP contribution is -2.18. The van der Waals surface area contributed by atoms with Crippen molar-refractivity contribution >= 4 is 6.08 Å². The SMILES string of the molecule is CC/C(=C\c1ccccc1)C1CC1NCc1coc(CN)n1. The standard InChI is InChI=1S/C18H23N3O/c1-2-14(8-13-6-4-3-5-7-13)16-9-17(16)20-11-15-12-22-18(10-19)21-15/h3-8,12,16-17,20H,2,9-11,19H2,1H3/b14-8+. The molecule has 1 aliphatic rings. The summed E-state index contributed by atoms with van der Waals surface area (Å²) in [6, 6.07) is 11.1. The van der Waals surface area contributed by atoms with Crippen LogP contribution in [-0.2, 0) is 13.1 Å². The van der Waals surface area contributed by atoms with Gasteiger partial charge in [0, 0.05) is 12.6 Å². The monoisotopic (exact) mass is 297 g/mol. The maximum absolute atomic E-state index is 5.50. The second kappa shape index (κ2) is 6.90. The van der Waals surface area contributed by atoms with Crippen LogP contribution in [-0.4, -0.2) is 11.0 Å². The normalized spacial score (nSPS) is 21.1. The number of hydrogen-bond donors (Lipinski definition) is 2. The van der Waals surface area contributed by atoms with Gasteiger partial charge in [-0.05, 0) is 24.3 Å². The van der Waals surface area contributed by atoms with E-state index in [-0.39, 0.29) is 0 Å². The average molecular weight is 297 g/mol. The zero-order valence-corrected chi connectivity index (χ0v) is 13.0. The highest BCUT2D eigenvalue weighted by molar-refractivity contribution is 5.54. The predicted molar refractivity (Wildman–Crippen MR) is 87.8 cm³/mol. The van der Waals surface area contributed by atoms with Crippen molar-refractivity contribution in [2.45, 2.75) is 38.9 Å². The molecule has 2 unspecified atom stereocenters. The largest absolute Gasteiger partial charge is 0.447 e. The molecule has 2 aromatic rings. The van der Waals surface area contributed by atoms with Crippen LogP contribution in [0.3, 0.4) is 0 Å². The Morgan fingerprint density at radius 2 is 2.23 bits per heavy atom. The number of benzene rings is 1. The molecule has 0 radical (unpaired) electrons. The van der Waals surface area contributed by atoms with Crippen LogP contribution in [0.2, 0.25) is 0 Å². The van der Waals surface area contributed by atoms with E-state index in [9.17, 15) is 0 Å². The molecule has 1 aromatic carbocycles. The average Bonchev–Trinajstić information content (AvgIpc) is 3.18. The Morgan fingerprint density at radius 1 is 1.41 bits per heavy atom. The molecule has 0 aliphatic heterocycles. The smallest absolute Gasteiger partial charge is 0.208 e. The van der Waals surface area contributed by atoms with Gasteiger partial charge in [0.05, 0.1) is 12.2 Å². The van der Waals surface area contributed by atoms with Crippen molar-refractivity contribution in [3.05, 3.63) is 59.3 Å². The van der Waals surface area contributed by atoms with Gasteiger partial charge < -0.3 is 15.5 Å². The van der Waals surface area contributed by atoms with E-state index in [2.05, 4.69) is 53.6 Å². The zero-order valence-electron chi connectivity index (χ0n) is 13.0. The molecule has 0 amide bonds. The van der Waals surface area contributed by atoms with Crippen molar-refractivity contribution in [2.24, 2.45) is 11.7 Å². The Balaban J connectivity index is 1.55. The lowest BCUT2D eigenvalue weighted by molar-refractivity contribution is 0.497. The van der Waals surface area contributed by atoms with Crippen molar-refractivity contribution in [2.75, 3.05) is 0 Å². The third kappa shape index (κ3) is 3.64. The summed E-state index contributed by atoms with van der Waals surface area (Å²) in [6.07, 6.45) is 6.31. The first kappa shape index (κ1) is 15.0. The van der Waals surface area contributed by atoms with Crippen LogP contribution in [0.5, 0.6) is 0 Å². The van der Waals surface area contributed by atoms with Gasteiger partial charge >= 0.3 is 0 Å². The number of nitrogens with zero attached hydrogens (tertiary/aromatic N) is 1. The Bertz CT molecular complexity index is 633. The van der Waals surface area contributed by atoms with Crippen LogP contribution in [0, 0.1) is 5.92 Å². The molecule has 0 bridgehead atoms. The molecule has 2 atom stereocenters. The quantitative estimate of drug-likeness (QED) is 0.824. The molecular formula is C18H23N3O. The van der Waals surface area contributed by atoms with Crippen molar-refractivity contribution in [1.29, 1.82) is 0 Å². The molecule has 1 aromatic heterocycles. The molecule has 0 spiro atoms. The topological polar surface area (TPSA) is 64.1 Å². The molecule has 3 N–H and O–H groups in total. The van der Waals surface area contributed by atoms with Gasteiger partial charge in [-0.3, -0.25) is 0 Å². The first-order valence-corrected chi connectivity index (χ1v) is 7.92. The minimum atomic E-state index is 0.353. The number of oxazole rings is 1. The van der Waals surface area contributed by atoms with Crippen LogP contribution in [0.25, 0.3) is 6.08 Å². The summed E-state index contributed by atoms with van der Waals surface area (Å²) in [5, 5.41) is 3.56. The molecule has 1 heterocycles. The van der Waals surface area contributed by atoms with E-state index in [1.165, 1.54) is 17.6 Å². The van der Waals surface area contributed by atoms with Gasteiger partial charge in [0.15, 0.2) is 0 Å². The van der Waals surface area contributed by atoms with Gasteiger partial charge in [-0.15, -0.1) is 0 Å². The van der Waals surface area contributed by atoms with Gasteiger partial charge in [-0.2, -0.15) is 0 Å². The van der Waals surface area contributed by atoms with Crippen LogP contribution < -0.4 is 11.1 Å². The number of hydrogen-bond acceptors (Lipinski definition) is 4. The van der Waals surface area contributed by atoms with Crippen molar-refractivity contribution in [1.82, 2.24) is 10.3 Å². The van der Waals surface area contributed by atoms with Crippen LogP contribution in [0.4, 0.5) is 0 Å². The number of nitrogens with two attached hydrogens (primary N) is 1. The Labute approximate surface area is 131 Å². The maximum atomic E-state index is 5.50. The maximum Gasteiger partial charge on any atom is 0.208 e. The van der Waals surface area contributed by atoms with Crippen molar-refractivity contribution in [3.8, 4) is 0 Å². The van der Waals surface area contributed by atoms with Crippen molar-refractivity contribution in [3.63, 3.8) is 0 Å². The molecule has 1 fully saturated rings. The summed E-state index contributed by atoms with van der Waals surface area (Å²) in [5.74, 6) is 1.24. The fourth-order valence-electron chi connectivity index (χ4n) is 2.82. The van der Waals surface area contributed by atoms with Crippen molar-refractivity contribution < 1.29 is 4.42 Å². The van der Waals surface area contributed by atoms with Crippen LogP contribution >= 0.6 is 0 Å². The van der Waals surface area contributed by atoms with E-state index >= 15 is 0 Å².